The summed E-state index contributed by atoms with van der Waals surface area (Å²) in [5.41, 5.74) is 0. The lowest BCUT2D eigenvalue weighted by Gasteiger charge is -2.04. The molecular formula is C6H15BO. The van der Waals surface area contributed by atoms with Gasteiger partial charge in [0.15, 0.2) is 6.71 Å². The predicted molar refractivity (Wildman–Crippen MR) is 38.6 cm³/mol. The highest BCUT2D eigenvalue weighted by molar-refractivity contribution is 6.58. The Bertz CT molecular complexity index is 43.8. The molecule has 1 nitrogen and oxygen atoms in total. The zero-order chi connectivity index (χ0) is 6.41. The van der Waals surface area contributed by atoms with Gasteiger partial charge in [-0.3, -0.25) is 0 Å². The summed E-state index contributed by atoms with van der Waals surface area (Å²) >= 11 is 0. The Morgan fingerprint density at radius 1 is 1.25 bits per heavy atom. The van der Waals surface area contributed by atoms with Crippen molar-refractivity contribution in [3.05, 3.63) is 0 Å². The fraction of sp³-hybridized carbons (Fsp3) is 1.00. The lowest BCUT2D eigenvalue weighted by molar-refractivity contribution is 0.248. The van der Waals surface area contributed by atoms with Crippen LogP contribution in [0.4, 0.5) is 0 Å². The van der Waals surface area contributed by atoms with Crippen LogP contribution in [-0.4, -0.2) is 20.3 Å². The molecule has 0 saturated carbocycles. The van der Waals surface area contributed by atoms with Gasteiger partial charge in [-0.2, -0.15) is 0 Å². The number of hydrogen-bond donors (Lipinski definition) is 0. The molecule has 0 aliphatic heterocycles. The molecule has 0 aliphatic rings. The van der Waals surface area contributed by atoms with Crippen LogP contribution in [0.5, 0.6) is 0 Å². The van der Waals surface area contributed by atoms with Crippen molar-refractivity contribution in [1.29, 1.82) is 0 Å². The minimum absolute atomic E-state index is 0.778. The van der Waals surface area contributed by atoms with Gasteiger partial charge in [0, 0.05) is 13.6 Å². The maximum Gasteiger partial charge on any atom is 0.171 e. The average molecular weight is 114 g/mol. The molecule has 0 aliphatic carbocycles. The standard InChI is InChI=1S/C6H15BO/c1-4-7(5-2)6-8-3/h4-6H2,1-3H3. The summed E-state index contributed by atoms with van der Waals surface area (Å²) in [5.74, 6) is 0. The van der Waals surface area contributed by atoms with Crippen molar-refractivity contribution in [3.63, 3.8) is 0 Å². The summed E-state index contributed by atoms with van der Waals surface area (Å²) in [4.78, 5) is 0. The number of rotatable bonds is 4. The minimum Gasteiger partial charge on any atom is -0.393 e. The van der Waals surface area contributed by atoms with Crippen LogP contribution >= 0.6 is 0 Å². The molecule has 0 aromatic heterocycles. The Morgan fingerprint density at radius 2 is 1.75 bits per heavy atom. The molecule has 0 rings (SSSR count). The molecule has 0 atom stereocenters. The summed E-state index contributed by atoms with van der Waals surface area (Å²) in [7, 11) is 1.76. The summed E-state index contributed by atoms with van der Waals surface area (Å²) < 4.78 is 4.99. The summed E-state index contributed by atoms with van der Waals surface area (Å²) in [6.07, 6.45) is 2.48. The Balaban J connectivity index is 3.07. The number of ether oxygens (including phenoxy) is 1. The molecule has 0 aromatic rings. The maximum atomic E-state index is 4.99. The monoisotopic (exact) mass is 114 g/mol. The van der Waals surface area contributed by atoms with Crippen LogP contribution in [0.3, 0.4) is 0 Å². The molecular weight excluding hydrogens is 98.9 g/mol. The second kappa shape index (κ2) is 5.17. The van der Waals surface area contributed by atoms with E-state index < -0.39 is 0 Å². The Labute approximate surface area is 52.5 Å². The zero-order valence-corrected chi connectivity index (χ0v) is 6.11. The van der Waals surface area contributed by atoms with Crippen molar-refractivity contribution < 1.29 is 4.74 Å². The first-order chi connectivity index (χ1) is 3.85. The van der Waals surface area contributed by atoms with Gasteiger partial charge in [-0.25, -0.2) is 0 Å². The number of methoxy groups -OCH3 is 1. The largest absolute Gasteiger partial charge is 0.393 e. The van der Waals surface area contributed by atoms with E-state index in [0.717, 1.165) is 13.2 Å². The molecule has 0 aromatic carbocycles. The second-order valence-corrected chi connectivity index (χ2v) is 2.14. The maximum absolute atomic E-state index is 4.99. The smallest absolute Gasteiger partial charge is 0.171 e. The van der Waals surface area contributed by atoms with E-state index in [9.17, 15) is 0 Å². The van der Waals surface area contributed by atoms with Gasteiger partial charge in [0.05, 0.1) is 0 Å². The fourth-order valence-corrected chi connectivity index (χ4v) is 0.760. The van der Waals surface area contributed by atoms with Gasteiger partial charge in [-0.05, 0) is 0 Å². The quantitative estimate of drug-likeness (QED) is 0.505. The third-order valence-corrected chi connectivity index (χ3v) is 1.56. The van der Waals surface area contributed by atoms with Crippen molar-refractivity contribution in [2.75, 3.05) is 13.6 Å². The number of hydrogen-bond acceptors (Lipinski definition) is 1. The van der Waals surface area contributed by atoms with Crippen LogP contribution in [-0.2, 0) is 4.74 Å². The average Bonchev–Trinajstić information content (AvgIpc) is 1.83. The predicted octanol–water partition coefficient (Wildman–Crippen LogP) is 1.71. The van der Waals surface area contributed by atoms with Gasteiger partial charge >= 0.3 is 0 Å². The van der Waals surface area contributed by atoms with E-state index in [4.69, 9.17) is 4.74 Å². The van der Waals surface area contributed by atoms with Crippen molar-refractivity contribution in [3.8, 4) is 0 Å². The van der Waals surface area contributed by atoms with Crippen LogP contribution in [0.1, 0.15) is 13.8 Å². The molecule has 0 spiro atoms. The first kappa shape index (κ1) is 8.02. The SMILES string of the molecule is CCB(CC)COC. The van der Waals surface area contributed by atoms with Gasteiger partial charge in [-0.15, -0.1) is 0 Å². The fourth-order valence-electron chi connectivity index (χ4n) is 0.760. The van der Waals surface area contributed by atoms with Crippen molar-refractivity contribution in [2.24, 2.45) is 0 Å². The normalized spacial score (nSPS) is 9.38. The Hall–Kier alpha value is 0.0249. The van der Waals surface area contributed by atoms with Crippen LogP contribution in [0.2, 0.25) is 12.6 Å². The lowest BCUT2D eigenvalue weighted by atomic mass is 9.46. The van der Waals surface area contributed by atoms with E-state index in [1.54, 1.807) is 7.11 Å². The molecule has 0 N–H and O–H groups in total. The highest BCUT2D eigenvalue weighted by atomic mass is 16.5. The molecule has 0 heterocycles. The van der Waals surface area contributed by atoms with E-state index in [-0.39, 0.29) is 0 Å². The third-order valence-electron chi connectivity index (χ3n) is 1.56. The summed E-state index contributed by atoms with van der Waals surface area (Å²) in [6, 6.07) is 0. The first-order valence-electron chi connectivity index (χ1n) is 3.34. The van der Waals surface area contributed by atoms with Crippen molar-refractivity contribution in [2.45, 2.75) is 26.5 Å². The minimum atomic E-state index is 0.778. The van der Waals surface area contributed by atoms with Gasteiger partial charge < -0.3 is 4.74 Å². The zero-order valence-electron chi connectivity index (χ0n) is 6.11. The van der Waals surface area contributed by atoms with Crippen LogP contribution in [0.15, 0.2) is 0 Å². The molecule has 0 bridgehead atoms. The highest BCUT2D eigenvalue weighted by Crippen LogP contribution is 1.96. The Morgan fingerprint density at radius 3 is 1.88 bits per heavy atom. The van der Waals surface area contributed by atoms with E-state index >= 15 is 0 Å². The summed E-state index contributed by atoms with van der Waals surface area (Å²) in [6.45, 7) is 6.10. The van der Waals surface area contributed by atoms with Crippen molar-refractivity contribution in [1.82, 2.24) is 0 Å². The molecule has 0 radical (unpaired) electrons. The van der Waals surface area contributed by atoms with Crippen molar-refractivity contribution >= 4 is 6.71 Å². The molecule has 0 amide bonds. The molecule has 2 heteroatoms. The Kier molecular flexibility index (Phi) is 5.18. The molecule has 8 heavy (non-hydrogen) atoms. The first-order valence-corrected chi connectivity index (χ1v) is 3.34. The summed E-state index contributed by atoms with van der Waals surface area (Å²) in [5, 5.41) is 0. The topological polar surface area (TPSA) is 9.23 Å². The van der Waals surface area contributed by atoms with Gasteiger partial charge in [0.2, 0.25) is 0 Å². The molecule has 0 fully saturated rings. The third kappa shape index (κ3) is 3.08. The molecule has 0 unspecified atom stereocenters. The van der Waals surface area contributed by atoms with E-state index in [0.29, 0.717) is 0 Å². The van der Waals surface area contributed by atoms with E-state index in [2.05, 4.69) is 13.8 Å². The lowest BCUT2D eigenvalue weighted by Crippen LogP contribution is -2.16. The van der Waals surface area contributed by atoms with Crippen LogP contribution in [0, 0.1) is 0 Å². The van der Waals surface area contributed by atoms with E-state index in [1.165, 1.54) is 12.6 Å². The molecule has 0 saturated heterocycles. The highest BCUT2D eigenvalue weighted by Gasteiger charge is 2.05. The van der Waals surface area contributed by atoms with Crippen LogP contribution < -0.4 is 0 Å². The van der Waals surface area contributed by atoms with Gasteiger partial charge in [-0.1, -0.05) is 26.5 Å². The van der Waals surface area contributed by atoms with Gasteiger partial charge in [0.1, 0.15) is 0 Å². The van der Waals surface area contributed by atoms with Gasteiger partial charge in [0.25, 0.3) is 0 Å². The van der Waals surface area contributed by atoms with Crippen LogP contribution in [0.25, 0.3) is 0 Å². The second-order valence-electron chi connectivity index (χ2n) is 2.14. The molecule has 48 valence electrons. The van der Waals surface area contributed by atoms with E-state index in [1.807, 2.05) is 0 Å².